The van der Waals surface area contributed by atoms with Crippen molar-refractivity contribution in [3.05, 3.63) is 18.2 Å². The molecule has 4 amide bonds. The number of primary amides is 1. The first-order valence-corrected chi connectivity index (χ1v) is 12.5. The third-order valence-electron chi connectivity index (χ3n) is 5.17. The first kappa shape index (κ1) is 29.9. The van der Waals surface area contributed by atoms with E-state index in [0.717, 1.165) is 0 Å². The first-order valence-electron chi connectivity index (χ1n) is 11.1. The van der Waals surface area contributed by atoms with Crippen molar-refractivity contribution >= 4 is 41.4 Å². The Morgan fingerprint density at radius 3 is 2.14 bits per heavy atom. The van der Waals surface area contributed by atoms with Gasteiger partial charge in [0.1, 0.15) is 18.1 Å². The number of nitrogens with two attached hydrogens (primary N) is 2. The van der Waals surface area contributed by atoms with Crippen LogP contribution in [0.2, 0.25) is 0 Å². The number of thioether (sulfide) groups is 1. The fourth-order valence-corrected chi connectivity index (χ4v) is 3.46. The van der Waals surface area contributed by atoms with Gasteiger partial charge in [0.15, 0.2) is 0 Å². The Kier molecular flexibility index (Phi) is 12.8. The number of nitrogens with zero attached hydrogens (tertiary/aromatic N) is 1. The van der Waals surface area contributed by atoms with E-state index in [1.165, 1.54) is 24.3 Å². The van der Waals surface area contributed by atoms with E-state index in [1.54, 1.807) is 13.8 Å². The molecule has 9 N–H and O–H groups in total. The Hall–Kier alpha value is -3.13. The zero-order valence-corrected chi connectivity index (χ0v) is 20.9. The SMILES string of the molecule is CSCCC(NC(=O)C(Cc1cnc[nH]1)NC(=O)C(CCC(N)=O)NC(=O)C(N)C(C)C)C(=O)O. The lowest BCUT2D eigenvalue weighted by Gasteiger charge is -2.25. The van der Waals surface area contributed by atoms with Gasteiger partial charge in [-0.2, -0.15) is 11.8 Å². The van der Waals surface area contributed by atoms with Crippen molar-refractivity contribution in [2.75, 3.05) is 12.0 Å². The molecule has 1 heterocycles. The Morgan fingerprint density at radius 2 is 1.63 bits per heavy atom. The van der Waals surface area contributed by atoms with E-state index >= 15 is 0 Å². The van der Waals surface area contributed by atoms with Gasteiger partial charge >= 0.3 is 5.97 Å². The molecule has 0 saturated carbocycles. The maximum absolute atomic E-state index is 13.1. The van der Waals surface area contributed by atoms with Crippen LogP contribution in [0.5, 0.6) is 0 Å². The summed E-state index contributed by atoms with van der Waals surface area (Å²) in [6.45, 7) is 3.48. The van der Waals surface area contributed by atoms with Crippen molar-refractivity contribution < 1.29 is 29.1 Å². The molecule has 4 unspecified atom stereocenters. The molecule has 0 aliphatic rings. The Bertz CT molecular complexity index is 864. The van der Waals surface area contributed by atoms with Gasteiger partial charge in [0, 0.05) is 24.7 Å². The van der Waals surface area contributed by atoms with E-state index in [1.807, 2.05) is 6.26 Å². The Labute approximate surface area is 207 Å². The highest BCUT2D eigenvalue weighted by atomic mass is 32.2. The zero-order chi connectivity index (χ0) is 26.5. The summed E-state index contributed by atoms with van der Waals surface area (Å²) in [6, 6.07) is -4.42. The van der Waals surface area contributed by atoms with Gasteiger partial charge in [-0.25, -0.2) is 9.78 Å². The molecule has 14 heteroatoms. The summed E-state index contributed by atoms with van der Waals surface area (Å²) in [7, 11) is 0. The van der Waals surface area contributed by atoms with Crippen molar-refractivity contribution in [1.82, 2.24) is 25.9 Å². The van der Waals surface area contributed by atoms with Crippen LogP contribution in [0.1, 0.15) is 38.8 Å². The fraction of sp³-hybridized carbons (Fsp3) is 0.619. The van der Waals surface area contributed by atoms with Crippen molar-refractivity contribution in [3.8, 4) is 0 Å². The molecule has 1 rings (SSSR count). The molecule has 196 valence electrons. The molecule has 1 aromatic rings. The summed E-state index contributed by atoms with van der Waals surface area (Å²) in [5, 5.41) is 17.0. The van der Waals surface area contributed by atoms with Crippen LogP contribution in [-0.4, -0.2) is 80.8 Å². The second-order valence-corrected chi connectivity index (χ2v) is 9.34. The lowest BCUT2D eigenvalue weighted by molar-refractivity contribution is -0.142. The zero-order valence-electron chi connectivity index (χ0n) is 20.1. The largest absolute Gasteiger partial charge is 0.480 e. The lowest BCUT2D eigenvalue weighted by atomic mass is 10.0. The molecule has 0 radical (unpaired) electrons. The summed E-state index contributed by atoms with van der Waals surface area (Å²) in [5.74, 6) is -3.63. The predicted octanol–water partition coefficient (Wildman–Crippen LogP) is -1.51. The molecule has 4 atom stereocenters. The molecule has 0 spiro atoms. The van der Waals surface area contributed by atoms with Gasteiger partial charge in [-0.1, -0.05) is 13.8 Å². The van der Waals surface area contributed by atoms with Crippen molar-refractivity contribution in [2.24, 2.45) is 17.4 Å². The van der Waals surface area contributed by atoms with Crippen LogP contribution in [0.3, 0.4) is 0 Å². The molecule has 0 aliphatic heterocycles. The number of hydrogen-bond donors (Lipinski definition) is 7. The third kappa shape index (κ3) is 10.8. The topological polar surface area (TPSA) is 222 Å². The number of nitrogens with one attached hydrogen (secondary N) is 4. The number of carbonyl (C=O) groups excluding carboxylic acids is 4. The number of aromatic nitrogens is 2. The van der Waals surface area contributed by atoms with E-state index in [4.69, 9.17) is 11.5 Å². The number of aromatic amines is 1. The van der Waals surface area contributed by atoms with Gasteiger partial charge in [-0.05, 0) is 30.8 Å². The molecule has 13 nitrogen and oxygen atoms in total. The second kappa shape index (κ2) is 15.0. The van der Waals surface area contributed by atoms with Gasteiger partial charge in [0.2, 0.25) is 23.6 Å². The maximum Gasteiger partial charge on any atom is 0.326 e. The van der Waals surface area contributed by atoms with Crippen molar-refractivity contribution in [1.29, 1.82) is 0 Å². The van der Waals surface area contributed by atoms with Gasteiger partial charge in [0.25, 0.3) is 0 Å². The number of rotatable bonds is 16. The Morgan fingerprint density at radius 1 is 1.03 bits per heavy atom. The van der Waals surface area contributed by atoms with Gasteiger partial charge < -0.3 is 37.5 Å². The third-order valence-corrected chi connectivity index (χ3v) is 5.81. The minimum atomic E-state index is -1.20. The molecule has 0 aromatic carbocycles. The molecular formula is C21H35N7O6S. The van der Waals surface area contributed by atoms with E-state index in [9.17, 15) is 29.1 Å². The lowest BCUT2D eigenvalue weighted by Crippen LogP contribution is -2.58. The highest BCUT2D eigenvalue weighted by molar-refractivity contribution is 7.98. The summed E-state index contributed by atoms with van der Waals surface area (Å²) in [6.07, 6.45) is 4.54. The quantitative estimate of drug-likeness (QED) is 0.136. The highest BCUT2D eigenvalue weighted by Gasteiger charge is 2.31. The number of hydrogen-bond acceptors (Lipinski definition) is 8. The van der Waals surface area contributed by atoms with Crippen LogP contribution < -0.4 is 27.4 Å². The van der Waals surface area contributed by atoms with E-state index in [-0.39, 0.29) is 31.6 Å². The maximum atomic E-state index is 13.1. The van der Waals surface area contributed by atoms with Crippen LogP contribution in [0.4, 0.5) is 0 Å². The molecule has 0 aliphatic carbocycles. The molecule has 0 bridgehead atoms. The predicted molar refractivity (Wildman–Crippen MR) is 130 cm³/mol. The van der Waals surface area contributed by atoms with Crippen LogP contribution in [-0.2, 0) is 30.4 Å². The molecule has 1 aromatic heterocycles. The Balaban J connectivity index is 3.07. The van der Waals surface area contributed by atoms with Gasteiger partial charge in [-0.15, -0.1) is 0 Å². The monoisotopic (exact) mass is 513 g/mol. The van der Waals surface area contributed by atoms with Crippen LogP contribution in [0, 0.1) is 5.92 Å². The smallest absolute Gasteiger partial charge is 0.326 e. The van der Waals surface area contributed by atoms with Gasteiger partial charge in [-0.3, -0.25) is 19.2 Å². The molecule has 0 saturated heterocycles. The number of aliphatic carboxylic acids is 1. The van der Waals surface area contributed by atoms with Crippen molar-refractivity contribution in [2.45, 2.75) is 63.7 Å². The number of carboxylic acids is 1. The standard InChI is InChI=1S/C21H35N7O6S/c1-11(2)17(23)20(32)26-13(4-5-16(22)29)18(30)28-15(8-12-9-24-10-25-12)19(31)27-14(21(33)34)6-7-35-3/h9-11,13-15,17H,4-8,23H2,1-3H3,(H2,22,29)(H,24,25)(H,26,32)(H,27,31)(H,28,30)(H,33,34). The summed E-state index contributed by atoms with van der Waals surface area (Å²) < 4.78 is 0. The summed E-state index contributed by atoms with van der Waals surface area (Å²) in [5.41, 5.74) is 11.6. The minimum absolute atomic E-state index is 0.0194. The minimum Gasteiger partial charge on any atom is -0.480 e. The molecule has 35 heavy (non-hydrogen) atoms. The van der Waals surface area contributed by atoms with Crippen molar-refractivity contribution in [3.63, 3.8) is 0 Å². The number of H-pyrrole nitrogens is 1. The van der Waals surface area contributed by atoms with E-state index < -0.39 is 53.8 Å². The average molecular weight is 514 g/mol. The average Bonchev–Trinajstić information content (AvgIpc) is 3.30. The van der Waals surface area contributed by atoms with Crippen LogP contribution in [0.25, 0.3) is 0 Å². The number of carbonyl (C=O) groups is 5. The number of amides is 4. The highest BCUT2D eigenvalue weighted by Crippen LogP contribution is 2.07. The van der Waals surface area contributed by atoms with E-state index in [0.29, 0.717) is 11.4 Å². The van der Waals surface area contributed by atoms with E-state index in [2.05, 4.69) is 25.9 Å². The summed E-state index contributed by atoms with van der Waals surface area (Å²) >= 11 is 1.43. The molecular weight excluding hydrogens is 478 g/mol. The van der Waals surface area contributed by atoms with Gasteiger partial charge in [0.05, 0.1) is 12.4 Å². The second-order valence-electron chi connectivity index (χ2n) is 8.36. The first-order chi connectivity index (χ1) is 16.5. The normalized spacial score (nSPS) is 14.4. The van der Waals surface area contributed by atoms with Crippen LogP contribution in [0.15, 0.2) is 12.5 Å². The molecule has 0 fully saturated rings. The number of carboxylic acid groups (broad SMARTS) is 1. The van der Waals surface area contributed by atoms with Crippen LogP contribution >= 0.6 is 11.8 Å². The number of imidazole rings is 1. The fourth-order valence-electron chi connectivity index (χ4n) is 2.99. The summed E-state index contributed by atoms with van der Waals surface area (Å²) in [4.78, 5) is 68.1.